The van der Waals surface area contributed by atoms with Gasteiger partial charge in [-0.25, -0.2) is 19.6 Å². The van der Waals surface area contributed by atoms with E-state index in [4.69, 9.17) is 14.2 Å². The van der Waals surface area contributed by atoms with Crippen molar-refractivity contribution in [2.75, 3.05) is 31.4 Å². The number of carbonyl (C=O) groups is 3. The number of nitrogens with one attached hydrogen (secondary N) is 3. The molecule has 0 saturated heterocycles. The Hall–Kier alpha value is -4.13. The van der Waals surface area contributed by atoms with Crippen molar-refractivity contribution < 1.29 is 28.6 Å². The summed E-state index contributed by atoms with van der Waals surface area (Å²) >= 11 is 0.899. The van der Waals surface area contributed by atoms with Crippen LogP contribution in [0.15, 0.2) is 34.2 Å². The van der Waals surface area contributed by atoms with E-state index in [0.717, 1.165) is 11.8 Å². The van der Waals surface area contributed by atoms with E-state index >= 15 is 0 Å². The minimum absolute atomic E-state index is 0.00921. The van der Waals surface area contributed by atoms with Gasteiger partial charge in [0.25, 0.3) is 5.56 Å². The van der Waals surface area contributed by atoms with Crippen molar-refractivity contribution >= 4 is 46.4 Å². The zero-order chi connectivity index (χ0) is 24.2. The number of benzene rings is 1. The molecule has 0 unspecified atom stereocenters. The summed E-state index contributed by atoms with van der Waals surface area (Å²) in [5, 5.41) is 4.83. The number of hydrogen-bond donors (Lipinski definition) is 3. The predicted octanol–water partition coefficient (Wildman–Crippen LogP) is 1.62. The van der Waals surface area contributed by atoms with Gasteiger partial charge < -0.3 is 24.5 Å². The summed E-state index contributed by atoms with van der Waals surface area (Å²) in [6.07, 6.45) is 0. The van der Waals surface area contributed by atoms with Crippen molar-refractivity contribution in [1.29, 1.82) is 0 Å². The molecule has 0 radical (unpaired) electrons. The van der Waals surface area contributed by atoms with Crippen molar-refractivity contribution in [3.63, 3.8) is 0 Å². The standard InChI is InChI=1S/C21H19N5O7S/c1-10-7-12(19(29)31-2)16-17(22-10)25-21(26-18(16)28)34-9-15(27)24-20(30)23-11-3-4-13-14(8-11)33-6-5-32-13/h3-4,7-8H,5-6,9H2,1-2H3,(H,22,25,26,28)(H2,23,24,27,30). The Labute approximate surface area is 196 Å². The lowest BCUT2D eigenvalue weighted by Crippen LogP contribution is -2.35. The number of amides is 3. The second kappa shape index (κ2) is 9.79. The smallest absolute Gasteiger partial charge is 0.338 e. The van der Waals surface area contributed by atoms with Gasteiger partial charge in [-0.3, -0.25) is 14.9 Å². The van der Waals surface area contributed by atoms with Crippen LogP contribution in [0.25, 0.3) is 11.0 Å². The number of methoxy groups -OCH3 is 1. The Morgan fingerprint density at radius 1 is 1.15 bits per heavy atom. The minimum Gasteiger partial charge on any atom is -0.486 e. The molecule has 0 bridgehead atoms. The van der Waals surface area contributed by atoms with Crippen molar-refractivity contribution in [2.45, 2.75) is 12.1 Å². The van der Waals surface area contributed by atoms with Gasteiger partial charge in [-0.15, -0.1) is 0 Å². The Kier molecular flexibility index (Phi) is 6.63. The number of aromatic nitrogens is 3. The van der Waals surface area contributed by atoms with Crippen LogP contribution in [0.5, 0.6) is 11.5 Å². The number of H-pyrrole nitrogens is 1. The molecule has 1 aliphatic heterocycles. The Morgan fingerprint density at radius 3 is 2.68 bits per heavy atom. The van der Waals surface area contributed by atoms with Gasteiger partial charge in [-0.2, -0.15) is 0 Å². The third-order valence-electron chi connectivity index (χ3n) is 4.58. The fraction of sp³-hybridized carbons (Fsp3) is 0.238. The largest absolute Gasteiger partial charge is 0.486 e. The number of esters is 1. The van der Waals surface area contributed by atoms with E-state index < -0.39 is 23.5 Å². The number of fused-ring (bicyclic) bond motifs is 2. The number of aryl methyl sites for hydroxylation is 1. The number of carbonyl (C=O) groups excluding carboxylic acids is 3. The summed E-state index contributed by atoms with van der Waals surface area (Å²) in [5.74, 6) is -0.443. The molecule has 0 atom stereocenters. The molecule has 3 amide bonds. The van der Waals surface area contributed by atoms with Gasteiger partial charge in [0.1, 0.15) is 13.2 Å². The highest BCUT2D eigenvalue weighted by Gasteiger charge is 2.18. The number of pyridine rings is 1. The molecule has 0 saturated carbocycles. The number of nitrogens with zero attached hydrogens (tertiary/aromatic N) is 2. The van der Waals surface area contributed by atoms with Gasteiger partial charge in [-0.1, -0.05) is 11.8 Å². The van der Waals surface area contributed by atoms with E-state index in [0.29, 0.717) is 36.1 Å². The first-order valence-electron chi connectivity index (χ1n) is 9.97. The van der Waals surface area contributed by atoms with Gasteiger partial charge in [-0.05, 0) is 25.1 Å². The second-order valence-corrected chi connectivity index (χ2v) is 7.99. The normalized spacial score (nSPS) is 12.2. The molecule has 176 valence electrons. The Balaban J connectivity index is 1.39. The average molecular weight is 485 g/mol. The van der Waals surface area contributed by atoms with Crippen LogP contribution in [-0.2, 0) is 9.53 Å². The highest BCUT2D eigenvalue weighted by Crippen LogP contribution is 2.32. The lowest BCUT2D eigenvalue weighted by Gasteiger charge is -2.19. The summed E-state index contributed by atoms with van der Waals surface area (Å²) in [6, 6.07) is 5.57. The molecule has 1 aromatic carbocycles. The third-order valence-corrected chi connectivity index (χ3v) is 5.45. The third kappa shape index (κ3) is 5.09. The number of hydrogen-bond acceptors (Lipinski definition) is 10. The number of anilines is 1. The number of aromatic amines is 1. The maximum Gasteiger partial charge on any atom is 0.338 e. The van der Waals surface area contributed by atoms with Gasteiger partial charge >= 0.3 is 12.0 Å². The monoisotopic (exact) mass is 485 g/mol. The SMILES string of the molecule is COC(=O)c1cc(C)nc2nc(SCC(=O)NC(=O)Nc3ccc4c(c3)OCCO4)[nH]c(=O)c12. The van der Waals surface area contributed by atoms with E-state index in [9.17, 15) is 19.2 Å². The summed E-state index contributed by atoms with van der Waals surface area (Å²) in [7, 11) is 1.21. The molecule has 3 N–H and O–H groups in total. The fourth-order valence-electron chi connectivity index (χ4n) is 3.16. The minimum atomic E-state index is -0.734. The van der Waals surface area contributed by atoms with Crippen LogP contribution in [-0.4, -0.2) is 58.9 Å². The lowest BCUT2D eigenvalue weighted by molar-refractivity contribution is -0.117. The number of ether oxygens (including phenoxy) is 3. The van der Waals surface area contributed by atoms with E-state index in [1.807, 2.05) is 0 Å². The van der Waals surface area contributed by atoms with Crippen LogP contribution in [0.4, 0.5) is 10.5 Å². The number of urea groups is 1. The van der Waals surface area contributed by atoms with Crippen LogP contribution < -0.4 is 25.7 Å². The summed E-state index contributed by atoms with van der Waals surface area (Å²) in [4.78, 5) is 59.8. The molecule has 0 fully saturated rings. The molecule has 4 rings (SSSR count). The molecule has 2 aromatic heterocycles. The van der Waals surface area contributed by atoms with Crippen LogP contribution in [0.2, 0.25) is 0 Å². The highest BCUT2D eigenvalue weighted by molar-refractivity contribution is 7.99. The first-order chi connectivity index (χ1) is 16.3. The fourth-order valence-corrected chi connectivity index (χ4v) is 3.82. The zero-order valence-electron chi connectivity index (χ0n) is 18.1. The van der Waals surface area contributed by atoms with Crippen LogP contribution in [0.1, 0.15) is 16.1 Å². The van der Waals surface area contributed by atoms with Crippen molar-refractivity contribution in [3.05, 3.63) is 45.9 Å². The molecule has 3 heterocycles. The lowest BCUT2D eigenvalue weighted by atomic mass is 10.1. The summed E-state index contributed by atoms with van der Waals surface area (Å²) < 4.78 is 15.6. The number of imide groups is 1. The molecule has 0 aliphatic carbocycles. The summed E-state index contributed by atoms with van der Waals surface area (Å²) in [6.45, 7) is 2.50. The molecule has 1 aliphatic rings. The quantitative estimate of drug-likeness (QED) is 0.275. The first-order valence-corrected chi connectivity index (χ1v) is 11.0. The van der Waals surface area contributed by atoms with Gasteiger partial charge in [0, 0.05) is 17.4 Å². The van der Waals surface area contributed by atoms with E-state index in [1.165, 1.54) is 13.2 Å². The molecular formula is C21H19N5O7S. The number of thioether (sulfide) groups is 1. The maximum absolute atomic E-state index is 12.5. The van der Waals surface area contributed by atoms with Gasteiger partial charge in [0.2, 0.25) is 5.91 Å². The van der Waals surface area contributed by atoms with Gasteiger partial charge in [0.15, 0.2) is 22.3 Å². The number of rotatable bonds is 5. The van der Waals surface area contributed by atoms with Crippen LogP contribution in [0.3, 0.4) is 0 Å². The van der Waals surface area contributed by atoms with Crippen LogP contribution in [0, 0.1) is 6.92 Å². The molecule has 34 heavy (non-hydrogen) atoms. The van der Waals surface area contributed by atoms with Crippen molar-refractivity contribution in [3.8, 4) is 11.5 Å². The molecule has 3 aromatic rings. The second-order valence-electron chi connectivity index (χ2n) is 7.02. The Morgan fingerprint density at radius 2 is 1.91 bits per heavy atom. The van der Waals surface area contributed by atoms with Crippen LogP contribution >= 0.6 is 11.8 Å². The summed E-state index contributed by atoms with van der Waals surface area (Å²) in [5.41, 5.74) is 0.380. The van der Waals surface area contributed by atoms with E-state index in [1.54, 1.807) is 25.1 Å². The topological polar surface area (TPSA) is 162 Å². The average Bonchev–Trinajstić information content (AvgIpc) is 2.81. The first kappa shape index (κ1) is 23.0. The molecular weight excluding hydrogens is 466 g/mol. The predicted molar refractivity (Wildman–Crippen MR) is 122 cm³/mol. The molecule has 12 nitrogen and oxygen atoms in total. The van der Waals surface area contributed by atoms with E-state index in [2.05, 4.69) is 25.6 Å². The van der Waals surface area contributed by atoms with Crippen molar-refractivity contribution in [1.82, 2.24) is 20.3 Å². The maximum atomic E-state index is 12.5. The molecule has 13 heteroatoms. The Bertz CT molecular complexity index is 1360. The molecule has 0 spiro atoms. The van der Waals surface area contributed by atoms with Gasteiger partial charge in [0.05, 0.1) is 23.8 Å². The van der Waals surface area contributed by atoms with Crippen molar-refractivity contribution in [2.24, 2.45) is 0 Å². The van der Waals surface area contributed by atoms with E-state index in [-0.39, 0.29) is 27.5 Å². The highest BCUT2D eigenvalue weighted by atomic mass is 32.2. The zero-order valence-corrected chi connectivity index (χ0v) is 18.9.